The van der Waals surface area contributed by atoms with Gasteiger partial charge in [-0.1, -0.05) is 13.3 Å². The number of hydrogen-bond donors (Lipinski definition) is 1. The lowest BCUT2D eigenvalue weighted by atomic mass is 10.3. The minimum atomic E-state index is -3.64. The summed E-state index contributed by atoms with van der Waals surface area (Å²) in [5.74, 6) is -0.475. The first-order valence-corrected chi connectivity index (χ1v) is 9.17. The van der Waals surface area contributed by atoms with Crippen molar-refractivity contribution in [1.82, 2.24) is 14.5 Å². The van der Waals surface area contributed by atoms with Crippen molar-refractivity contribution >= 4 is 16.1 Å². The van der Waals surface area contributed by atoms with Gasteiger partial charge in [0.2, 0.25) is 10.0 Å². The van der Waals surface area contributed by atoms with Gasteiger partial charge in [-0.3, -0.25) is 0 Å². The van der Waals surface area contributed by atoms with E-state index < -0.39 is 15.8 Å². The Labute approximate surface area is 136 Å². The third-order valence-electron chi connectivity index (χ3n) is 3.78. The van der Waals surface area contributed by atoms with Crippen LogP contribution >= 0.6 is 0 Å². The Hall–Kier alpha value is -1.67. The van der Waals surface area contributed by atoms with E-state index >= 15 is 0 Å². The normalized spacial score (nSPS) is 16.3. The van der Waals surface area contributed by atoms with E-state index in [1.54, 1.807) is 4.90 Å². The SMILES string of the molecule is CCCCNC(=O)N1CCN(S(=O)(=O)c2ccc(F)cc2)CC1. The van der Waals surface area contributed by atoms with Gasteiger partial charge in [0.1, 0.15) is 5.82 Å². The molecule has 1 aromatic carbocycles. The summed E-state index contributed by atoms with van der Waals surface area (Å²) >= 11 is 0. The average Bonchev–Trinajstić information content (AvgIpc) is 2.55. The quantitative estimate of drug-likeness (QED) is 0.827. The molecular weight excluding hydrogens is 321 g/mol. The number of rotatable bonds is 5. The molecule has 0 aromatic heterocycles. The minimum absolute atomic E-state index is 0.0692. The molecule has 8 heteroatoms. The van der Waals surface area contributed by atoms with E-state index in [-0.39, 0.29) is 24.0 Å². The average molecular weight is 343 g/mol. The zero-order chi connectivity index (χ0) is 16.9. The predicted molar refractivity (Wildman–Crippen MR) is 85.0 cm³/mol. The number of amides is 2. The Bertz CT molecular complexity index is 626. The Morgan fingerprint density at radius 3 is 2.35 bits per heavy atom. The molecule has 0 unspecified atom stereocenters. The van der Waals surface area contributed by atoms with Crippen LogP contribution in [-0.4, -0.2) is 56.4 Å². The third-order valence-corrected chi connectivity index (χ3v) is 5.70. The van der Waals surface area contributed by atoms with Crippen LogP contribution < -0.4 is 5.32 Å². The zero-order valence-electron chi connectivity index (χ0n) is 13.2. The lowest BCUT2D eigenvalue weighted by molar-refractivity contribution is 0.172. The summed E-state index contributed by atoms with van der Waals surface area (Å²) in [6.45, 7) is 3.84. The number of carbonyl (C=O) groups excluding carboxylic acids is 1. The van der Waals surface area contributed by atoms with Crippen LogP contribution in [0.25, 0.3) is 0 Å². The van der Waals surface area contributed by atoms with Crippen LogP contribution in [0.3, 0.4) is 0 Å². The molecule has 23 heavy (non-hydrogen) atoms. The molecule has 1 aliphatic rings. The molecule has 1 aliphatic heterocycles. The van der Waals surface area contributed by atoms with Gasteiger partial charge in [0.25, 0.3) is 0 Å². The first-order chi connectivity index (χ1) is 10.9. The lowest BCUT2D eigenvalue weighted by Gasteiger charge is -2.34. The molecule has 0 bridgehead atoms. The van der Waals surface area contributed by atoms with E-state index in [0.29, 0.717) is 19.6 Å². The maximum atomic E-state index is 12.9. The molecule has 0 aliphatic carbocycles. The molecule has 1 saturated heterocycles. The van der Waals surface area contributed by atoms with E-state index in [1.807, 2.05) is 6.92 Å². The number of carbonyl (C=O) groups is 1. The number of sulfonamides is 1. The smallest absolute Gasteiger partial charge is 0.317 e. The van der Waals surface area contributed by atoms with Crippen molar-refractivity contribution in [1.29, 1.82) is 0 Å². The van der Waals surface area contributed by atoms with Gasteiger partial charge in [0.15, 0.2) is 0 Å². The van der Waals surface area contributed by atoms with E-state index in [1.165, 1.54) is 16.4 Å². The monoisotopic (exact) mass is 343 g/mol. The van der Waals surface area contributed by atoms with Crippen LogP contribution in [0.1, 0.15) is 19.8 Å². The molecule has 2 amide bonds. The van der Waals surface area contributed by atoms with Crippen molar-refractivity contribution in [2.24, 2.45) is 0 Å². The molecule has 1 N–H and O–H groups in total. The lowest BCUT2D eigenvalue weighted by Crippen LogP contribution is -2.53. The summed E-state index contributed by atoms with van der Waals surface area (Å²) in [5.41, 5.74) is 0. The predicted octanol–water partition coefficient (Wildman–Crippen LogP) is 1.64. The summed E-state index contributed by atoms with van der Waals surface area (Å²) in [5, 5.41) is 2.82. The van der Waals surface area contributed by atoms with Gasteiger partial charge in [-0.15, -0.1) is 0 Å². The third kappa shape index (κ3) is 4.42. The summed E-state index contributed by atoms with van der Waals surface area (Å²) in [4.78, 5) is 13.6. The van der Waals surface area contributed by atoms with Crippen LogP contribution in [0.2, 0.25) is 0 Å². The van der Waals surface area contributed by atoms with E-state index in [9.17, 15) is 17.6 Å². The number of nitrogens with one attached hydrogen (secondary N) is 1. The van der Waals surface area contributed by atoms with Crippen LogP contribution in [-0.2, 0) is 10.0 Å². The van der Waals surface area contributed by atoms with Crippen LogP contribution in [0.5, 0.6) is 0 Å². The largest absolute Gasteiger partial charge is 0.338 e. The fourth-order valence-electron chi connectivity index (χ4n) is 2.37. The Morgan fingerprint density at radius 1 is 1.17 bits per heavy atom. The number of hydrogen-bond acceptors (Lipinski definition) is 3. The standard InChI is InChI=1S/C15H22FN3O3S/c1-2-3-8-17-15(20)18-9-11-19(12-10-18)23(21,22)14-6-4-13(16)5-7-14/h4-7H,2-3,8-12H2,1H3,(H,17,20). The maximum absolute atomic E-state index is 12.9. The summed E-state index contributed by atoms with van der Waals surface area (Å²) in [6, 6.07) is 4.62. The fraction of sp³-hybridized carbons (Fsp3) is 0.533. The summed E-state index contributed by atoms with van der Waals surface area (Å²) in [6.07, 6.45) is 1.93. The highest BCUT2D eigenvalue weighted by Crippen LogP contribution is 2.18. The molecule has 1 fully saturated rings. The molecule has 1 aromatic rings. The minimum Gasteiger partial charge on any atom is -0.338 e. The maximum Gasteiger partial charge on any atom is 0.317 e. The van der Waals surface area contributed by atoms with Crippen LogP contribution in [0, 0.1) is 5.82 Å². The van der Waals surface area contributed by atoms with Gasteiger partial charge >= 0.3 is 6.03 Å². The summed E-state index contributed by atoms with van der Waals surface area (Å²) in [7, 11) is -3.64. The molecule has 0 saturated carbocycles. The van der Waals surface area contributed by atoms with Crippen molar-refractivity contribution in [2.45, 2.75) is 24.7 Å². The Balaban J connectivity index is 1.93. The molecule has 0 spiro atoms. The van der Waals surface area contributed by atoms with Gasteiger partial charge in [0, 0.05) is 32.7 Å². The highest BCUT2D eigenvalue weighted by molar-refractivity contribution is 7.89. The van der Waals surface area contributed by atoms with Gasteiger partial charge in [0.05, 0.1) is 4.90 Å². The number of urea groups is 1. The van der Waals surface area contributed by atoms with Gasteiger partial charge in [-0.25, -0.2) is 17.6 Å². The number of halogens is 1. The van der Waals surface area contributed by atoms with E-state index in [4.69, 9.17) is 0 Å². The van der Waals surface area contributed by atoms with Gasteiger partial charge < -0.3 is 10.2 Å². The molecule has 0 atom stereocenters. The molecule has 0 radical (unpaired) electrons. The van der Waals surface area contributed by atoms with Gasteiger partial charge in [-0.05, 0) is 30.7 Å². The van der Waals surface area contributed by atoms with Crippen molar-refractivity contribution in [3.63, 3.8) is 0 Å². The van der Waals surface area contributed by atoms with Crippen molar-refractivity contribution in [3.8, 4) is 0 Å². The first-order valence-electron chi connectivity index (χ1n) is 7.73. The highest BCUT2D eigenvalue weighted by Gasteiger charge is 2.29. The van der Waals surface area contributed by atoms with Crippen LogP contribution in [0.15, 0.2) is 29.2 Å². The second-order valence-electron chi connectivity index (χ2n) is 5.43. The number of benzene rings is 1. The number of unbranched alkanes of at least 4 members (excludes halogenated alkanes) is 1. The number of nitrogens with zero attached hydrogens (tertiary/aromatic N) is 2. The molecule has 128 valence electrons. The second kappa shape index (κ2) is 7.74. The van der Waals surface area contributed by atoms with Crippen LogP contribution in [0.4, 0.5) is 9.18 Å². The summed E-state index contributed by atoms with van der Waals surface area (Å²) < 4.78 is 39.2. The van der Waals surface area contributed by atoms with Crippen molar-refractivity contribution in [3.05, 3.63) is 30.1 Å². The van der Waals surface area contributed by atoms with Crippen molar-refractivity contribution < 1.29 is 17.6 Å². The molecular formula is C15H22FN3O3S. The highest BCUT2D eigenvalue weighted by atomic mass is 32.2. The number of piperazine rings is 1. The second-order valence-corrected chi connectivity index (χ2v) is 7.37. The topological polar surface area (TPSA) is 69.7 Å². The zero-order valence-corrected chi connectivity index (χ0v) is 14.0. The first kappa shape index (κ1) is 17.7. The fourth-order valence-corrected chi connectivity index (χ4v) is 3.79. The van der Waals surface area contributed by atoms with E-state index in [0.717, 1.165) is 25.0 Å². The molecule has 1 heterocycles. The van der Waals surface area contributed by atoms with Gasteiger partial charge in [-0.2, -0.15) is 4.31 Å². The molecule has 6 nitrogen and oxygen atoms in total. The van der Waals surface area contributed by atoms with Crippen molar-refractivity contribution in [2.75, 3.05) is 32.7 Å². The molecule has 2 rings (SSSR count). The van der Waals surface area contributed by atoms with E-state index in [2.05, 4.69) is 5.32 Å². The Morgan fingerprint density at radius 2 is 1.78 bits per heavy atom. The Kier molecular flexibility index (Phi) is 5.95.